The van der Waals surface area contributed by atoms with Gasteiger partial charge in [-0.25, -0.2) is 10.2 Å². The Balaban J connectivity index is 2.17. The standard InChI is InChI=1S/C19H18Br2N2O6/c1-3-28-15-5-4-11(7-16(15)27-2)19(26)23-22-9-12-6-13(20)8-14(21)18(12)29-10-17(24)25/h4-9H,3,10H2,1-2H3,(H,23,26)(H,24,25)/b22-9+. The molecule has 0 fully saturated rings. The number of aliphatic carboxylic acids is 1. The van der Waals surface area contributed by atoms with Gasteiger partial charge in [-0.2, -0.15) is 5.10 Å². The van der Waals surface area contributed by atoms with Gasteiger partial charge in [0.2, 0.25) is 0 Å². The summed E-state index contributed by atoms with van der Waals surface area (Å²) in [6, 6.07) is 8.17. The largest absolute Gasteiger partial charge is 0.493 e. The summed E-state index contributed by atoms with van der Waals surface area (Å²) in [6.45, 7) is 1.81. The van der Waals surface area contributed by atoms with Crippen LogP contribution >= 0.6 is 31.9 Å². The molecule has 0 bridgehead atoms. The third kappa shape index (κ3) is 6.47. The average molecular weight is 530 g/mol. The Kier molecular flexibility index (Phi) is 8.47. The minimum Gasteiger partial charge on any atom is -0.493 e. The van der Waals surface area contributed by atoms with Crippen LogP contribution in [-0.2, 0) is 4.79 Å². The van der Waals surface area contributed by atoms with Gasteiger partial charge in [0.05, 0.1) is 24.4 Å². The van der Waals surface area contributed by atoms with Gasteiger partial charge in [0, 0.05) is 15.6 Å². The van der Waals surface area contributed by atoms with Crippen LogP contribution in [0, 0.1) is 0 Å². The smallest absolute Gasteiger partial charge is 0.341 e. The SMILES string of the molecule is CCOc1ccc(C(=O)N/N=C/c2cc(Br)cc(Br)c2OCC(=O)O)cc1OC. The first-order chi connectivity index (χ1) is 13.8. The molecule has 10 heteroatoms. The molecule has 0 aliphatic carbocycles. The van der Waals surface area contributed by atoms with Crippen molar-refractivity contribution >= 4 is 50.0 Å². The third-order valence-corrected chi connectivity index (χ3v) is 4.52. The molecule has 0 atom stereocenters. The summed E-state index contributed by atoms with van der Waals surface area (Å²) in [5, 5.41) is 12.8. The first-order valence-electron chi connectivity index (χ1n) is 8.33. The molecule has 0 spiro atoms. The van der Waals surface area contributed by atoms with E-state index in [1.165, 1.54) is 13.3 Å². The molecule has 0 aromatic heterocycles. The van der Waals surface area contributed by atoms with Crippen molar-refractivity contribution in [3.8, 4) is 17.2 Å². The molecule has 0 heterocycles. The van der Waals surface area contributed by atoms with Crippen LogP contribution in [0.5, 0.6) is 17.2 Å². The number of amides is 1. The summed E-state index contributed by atoms with van der Waals surface area (Å²) in [7, 11) is 1.49. The lowest BCUT2D eigenvalue weighted by Gasteiger charge is -2.11. The summed E-state index contributed by atoms with van der Waals surface area (Å²) in [5.41, 5.74) is 3.22. The number of rotatable bonds is 9. The molecule has 0 saturated heterocycles. The van der Waals surface area contributed by atoms with Gasteiger partial charge in [-0.15, -0.1) is 0 Å². The molecule has 0 unspecified atom stereocenters. The molecule has 1 amide bonds. The number of benzene rings is 2. The summed E-state index contributed by atoms with van der Waals surface area (Å²) < 4.78 is 17.2. The van der Waals surface area contributed by atoms with Gasteiger partial charge in [0.25, 0.3) is 5.91 Å². The van der Waals surface area contributed by atoms with E-state index in [0.717, 1.165) is 4.47 Å². The van der Waals surface area contributed by atoms with E-state index in [1.807, 2.05) is 6.92 Å². The van der Waals surface area contributed by atoms with E-state index in [4.69, 9.17) is 19.3 Å². The average Bonchev–Trinajstić information content (AvgIpc) is 2.67. The van der Waals surface area contributed by atoms with Crippen molar-refractivity contribution in [2.24, 2.45) is 5.10 Å². The number of hydrogen-bond acceptors (Lipinski definition) is 6. The molecule has 0 saturated carbocycles. The lowest BCUT2D eigenvalue weighted by atomic mass is 10.2. The van der Waals surface area contributed by atoms with Gasteiger partial charge >= 0.3 is 5.97 Å². The number of carboxylic acids is 1. The zero-order valence-corrected chi connectivity index (χ0v) is 18.7. The van der Waals surface area contributed by atoms with Crippen LogP contribution in [0.3, 0.4) is 0 Å². The third-order valence-electron chi connectivity index (χ3n) is 3.47. The van der Waals surface area contributed by atoms with E-state index in [9.17, 15) is 9.59 Å². The van der Waals surface area contributed by atoms with Gasteiger partial charge in [0.15, 0.2) is 18.1 Å². The Hall–Kier alpha value is -2.59. The second kappa shape index (κ2) is 10.8. The molecule has 154 valence electrons. The van der Waals surface area contributed by atoms with Crippen LogP contribution in [0.2, 0.25) is 0 Å². The predicted molar refractivity (Wildman–Crippen MR) is 114 cm³/mol. The Morgan fingerprint density at radius 3 is 2.59 bits per heavy atom. The normalized spacial score (nSPS) is 10.6. The van der Waals surface area contributed by atoms with Crippen LogP contribution in [-0.4, -0.2) is 43.5 Å². The van der Waals surface area contributed by atoms with Crippen LogP contribution in [0.4, 0.5) is 0 Å². The number of carbonyl (C=O) groups excluding carboxylic acids is 1. The Labute approximate surface area is 184 Å². The number of hydrogen-bond donors (Lipinski definition) is 2. The molecular weight excluding hydrogens is 512 g/mol. The number of nitrogens with one attached hydrogen (secondary N) is 1. The Morgan fingerprint density at radius 2 is 1.93 bits per heavy atom. The van der Waals surface area contributed by atoms with Gasteiger partial charge < -0.3 is 19.3 Å². The van der Waals surface area contributed by atoms with Crippen molar-refractivity contribution in [2.75, 3.05) is 20.3 Å². The van der Waals surface area contributed by atoms with Crippen LogP contribution in [0.25, 0.3) is 0 Å². The fraction of sp³-hybridized carbons (Fsp3) is 0.211. The number of methoxy groups -OCH3 is 1. The van der Waals surface area contributed by atoms with Crippen LogP contribution in [0.15, 0.2) is 44.4 Å². The highest BCUT2D eigenvalue weighted by Gasteiger charge is 2.12. The molecule has 0 radical (unpaired) electrons. The quantitative estimate of drug-likeness (QED) is 0.377. The first kappa shape index (κ1) is 22.7. The van der Waals surface area contributed by atoms with Gasteiger partial charge in [-0.1, -0.05) is 15.9 Å². The first-order valence-corrected chi connectivity index (χ1v) is 9.92. The topological polar surface area (TPSA) is 106 Å². The molecular formula is C19H18Br2N2O6. The molecule has 2 rings (SSSR count). The van der Waals surface area contributed by atoms with Gasteiger partial charge in [-0.3, -0.25) is 4.79 Å². The molecule has 2 N–H and O–H groups in total. The summed E-state index contributed by atoms with van der Waals surface area (Å²) in [4.78, 5) is 23.1. The monoisotopic (exact) mass is 528 g/mol. The minimum absolute atomic E-state index is 0.288. The van der Waals surface area contributed by atoms with E-state index < -0.39 is 18.5 Å². The lowest BCUT2D eigenvalue weighted by molar-refractivity contribution is -0.139. The second-order valence-electron chi connectivity index (χ2n) is 5.49. The van der Waals surface area contributed by atoms with Gasteiger partial charge in [-0.05, 0) is 53.2 Å². The van der Waals surface area contributed by atoms with E-state index in [0.29, 0.717) is 33.7 Å². The highest BCUT2D eigenvalue weighted by molar-refractivity contribution is 9.11. The number of ether oxygens (including phenoxy) is 3. The van der Waals surface area contributed by atoms with Crippen molar-refractivity contribution < 1.29 is 28.9 Å². The fourth-order valence-electron chi connectivity index (χ4n) is 2.27. The highest BCUT2D eigenvalue weighted by atomic mass is 79.9. The number of carbonyl (C=O) groups is 2. The lowest BCUT2D eigenvalue weighted by Crippen LogP contribution is -2.18. The zero-order chi connectivity index (χ0) is 21.4. The summed E-state index contributed by atoms with van der Waals surface area (Å²) in [5.74, 6) is -0.306. The molecule has 2 aromatic carbocycles. The highest BCUT2D eigenvalue weighted by Crippen LogP contribution is 2.32. The Bertz CT molecular complexity index is 933. The second-order valence-corrected chi connectivity index (χ2v) is 7.26. The maximum Gasteiger partial charge on any atom is 0.341 e. The van der Waals surface area contributed by atoms with Crippen LogP contribution < -0.4 is 19.6 Å². The minimum atomic E-state index is -1.11. The van der Waals surface area contributed by atoms with Crippen molar-refractivity contribution in [3.05, 3.63) is 50.4 Å². The molecule has 29 heavy (non-hydrogen) atoms. The fourth-order valence-corrected chi connectivity index (χ4v) is 3.64. The predicted octanol–water partition coefficient (Wildman–Crippen LogP) is 3.85. The van der Waals surface area contributed by atoms with E-state index in [-0.39, 0.29) is 5.75 Å². The molecule has 2 aromatic rings. The van der Waals surface area contributed by atoms with Crippen LogP contribution in [0.1, 0.15) is 22.8 Å². The van der Waals surface area contributed by atoms with Gasteiger partial charge in [0.1, 0.15) is 5.75 Å². The van der Waals surface area contributed by atoms with E-state index in [1.54, 1.807) is 30.3 Å². The molecule has 0 aliphatic heterocycles. The van der Waals surface area contributed by atoms with Crippen molar-refractivity contribution in [2.45, 2.75) is 6.92 Å². The molecule has 8 nitrogen and oxygen atoms in total. The maximum absolute atomic E-state index is 12.4. The molecule has 0 aliphatic rings. The Morgan fingerprint density at radius 1 is 1.17 bits per heavy atom. The van der Waals surface area contributed by atoms with Crippen molar-refractivity contribution in [1.29, 1.82) is 0 Å². The summed E-state index contributed by atoms with van der Waals surface area (Å²) in [6.07, 6.45) is 1.36. The van der Waals surface area contributed by atoms with Crippen molar-refractivity contribution in [3.63, 3.8) is 0 Å². The maximum atomic E-state index is 12.4. The zero-order valence-electron chi connectivity index (χ0n) is 15.6. The van der Waals surface area contributed by atoms with E-state index >= 15 is 0 Å². The number of carboxylic acid groups (broad SMARTS) is 1. The number of nitrogens with zero attached hydrogens (tertiary/aromatic N) is 1. The van der Waals surface area contributed by atoms with Crippen molar-refractivity contribution in [1.82, 2.24) is 5.43 Å². The summed E-state index contributed by atoms with van der Waals surface area (Å²) >= 11 is 6.66. The van der Waals surface area contributed by atoms with E-state index in [2.05, 4.69) is 42.4 Å². The number of hydrazone groups is 1. The number of halogens is 2.